The largest absolute Gasteiger partial charge is 0.207 e. The first kappa shape index (κ1) is 12.0. The molecule has 0 aromatic heterocycles. The van der Waals surface area contributed by atoms with Gasteiger partial charge < -0.3 is 0 Å². The smallest absolute Gasteiger partial charge is 0.142 e. The Morgan fingerprint density at radius 1 is 0.941 bits per heavy atom. The molecule has 0 amide bonds. The van der Waals surface area contributed by atoms with Gasteiger partial charge in [0.05, 0.1) is 5.02 Å². The second-order valence-electron chi connectivity index (χ2n) is 3.63. The van der Waals surface area contributed by atoms with Crippen molar-refractivity contribution in [1.82, 2.24) is 0 Å². The zero-order valence-corrected chi connectivity index (χ0v) is 9.44. The van der Waals surface area contributed by atoms with Crippen molar-refractivity contribution in [2.45, 2.75) is 6.42 Å². The zero-order valence-electron chi connectivity index (χ0n) is 8.68. The summed E-state index contributed by atoms with van der Waals surface area (Å²) < 4.78 is 39.6. The molecule has 0 spiro atoms. The number of hydrogen-bond acceptors (Lipinski definition) is 0. The number of benzene rings is 2. The van der Waals surface area contributed by atoms with E-state index < -0.39 is 17.5 Å². The molecule has 17 heavy (non-hydrogen) atoms. The van der Waals surface area contributed by atoms with Crippen molar-refractivity contribution in [2.24, 2.45) is 0 Å². The predicted octanol–water partition coefficient (Wildman–Crippen LogP) is 4.35. The van der Waals surface area contributed by atoms with Gasteiger partial charge in [-0.25, -0.2) is 13.2 Å². The molecule has 0 saturated carbocycles. The summed E-state index contributed by atoms with van der Waals surface area (Å²) in [5.74, 6) is -1.70. The first-order chi connectivity index (χ1) is 8.08. The Bertz CT molecular complexity index is 552. The standard InChI is InChI=1S/C13H8ClF3/c14-13-10(11(16)4-5-12(13)17)7-8-2-1-3-9(15)6-8/h1-6H,7H2. The van der Waals surface area contributed by atoms with Crippen molar-refractivity contribution in [3.05, 3.63) is 70.0 Å². The van der Waals surface area contributed by atoms with E-state index >= 15 is 0 Å². The minimum Gasteiger partial charge on any atom is -0.207 e. The van der Waals surface area contributed by atoms with Gasteiger partial charge in [-0.15, -0.1) is 0 Å². The summed E-state index contributed by atoms with van der Waals surface area (Å²) in [7, 11) is 0. The van der Waals surface area contributed by atoms with Crippen LogP contribution in [0.5, 0.6) is 0 Å². The lowest BCUT2D eigenvalue weighted by Crippen LogP contribution is -1.96. The Balaban J connectivity index is 2.39. The van der Waals surface area contributed by atoms with Crippen molar-refractivity contribution < 1.29 is 13.2 Å². The third-order valence-corrected chi connectivity index (χ3v) is 2.82. The fourth-order valence-corrected chi connectivity index (χ4v) is 1.80. The van der Waals surface area contributed by atoms with E-state index in [-0.39, 0.29) is 17.0 Å². The van der Waals surface area contributed by atoms with Crippen LogP contribution in [0.1, 0.15) is 11.1 Å². The van der Waals surface area contributed by atoms with Gasteiger partial charge in [0.2, 0.25) is 0 Å². The second kappa shape index (κ2) is 4.80. The summed E-state index contributed by atoms with van der Waals surface area (Å²) in [4.78, 5) is 0. The topological polar surface area (TPSA) is 0 Å². The molecule has 0 N–H and O–H groups in total. The zero-order chi connectivity index (χ0) is 12.4. The monoisotopic (exact) mass is 256 g/mol. The molecule has 0 heterocycles. The normalized spacial score (nSPS) is 10.6. The Morgan fingerprint density at radius 3 is 2.35 bits per heavy atom. The fourth-order valence-electron chi connectivity index (χ4n) is 1.58. The molecule has 0 radical (unpaired) electrons. The van der Waals surface area contributed by atoms with Gasteiger partial charge in [-0.05, 0) is 29.8 Å². The van der Waals surface area contributed by atoms with Crippen molar-refractivity contribution in [1.29, 1.82) is 0 Å². The van der Waals surface area contributed by atoms with E-state index in [0.29, 0.717) is 5.56 Å². The molecule has 2 aromatic carbocycles. The van der Waals surface area contributed by atoms with Crippen LogP contribution in [0.2, 0.25) is 5.02 Å². The van der Waals surface area contributed by atoms with Crippen LogP contribution in [0.15, 0.2) is 36.4 Å². The van der Waals surface area contributed by atoms with E-state index in [1.165, 1.54) is 18.2 Å². The molecule has 4 heteroatoms. The quantitative estimate of drug-likeness (QED) is 0.701. The van der Waals surface area contributed by atoms with Gasteiger partial charge in [0.15, 0.2) is 0 Å². The molecule has 0 fully saturated rings. The SMILES string of the molecule is Fc1cccc(Cc2c(F)ccc(F)c2Cl)c1. The Morgan fingerprint density at radius 2 is 1.65 bits per heavy atom. The van der Waals surface area contributed by atoms with Crippen molar-refractivity contribution in [3.8, 4) is 0 Å². The first-order valence-electron chi connectivity index (χ1n) is 4.95. The molecule has 88 valence electrons. The maximum atomic E-state index is 13.5. The maximum Gasteiger partial charge on any atom is 0.142 e. The average Bonchev–Trinajstić information content (AvgIpc) is 2.30. The van der Waals surface area contributed by atoms with Crippen molar-refractivity contribution >= 4 is 11.6 Å². The molecular weight excluding hydrogens is 249 g/mol. The molecule has 0 atom stereocenters. The molecule has 2 aromatic rings. The maximum absolute atomic E-state index is 13.5. The Kier molecular flexibility index (Phi) is 3.38. The molecule has 2 rings (SSSR count). The van der Waals surface area contributed by atoms with Gasteiger partial charge in [0, 0.05) is 12.0 Å². The summed E-state index contributed by atoms with van der Waals surface area (Å²) in [5.41, 5.74) is 0.577. The molecule has 0 saturated heterocycles. The van der Waals surface area contributed by atoms with Crippen molar-refractivity contribution in [2.75, 3.05) is 0 Å². The van der Waals surface area contributed by atoms with Crippen LogP contribution in [0, 0.1) is 17.5 Å². The molecule has 0 nitrogen and oxygen atoms in total. The highest BCUT2D eigenvalue weighted by Crippen LogP contribution is 2.25. The molecular formula is C13H8ClF3. The summed E-state index contributed by atoms with van der Waals surface area (Å²) in [6.45, 7) is 0. The van der Waals surface area contributed by atoms with E-state index in [1.54, 1.807) is 6.07 Å². The van der Waals surface area contributed by atoms with Gasteiger partial charge in [-0.1, -0.05) is 23.7 Å². The van der Waals surface area contributed by atoms with Crippen LogP contribution in [0.3, 0.4) is 0 Å². The fraction of sp³-hybridized carbons (Fsp3) is 0.0769. The number of rotatable bonds is 2. The lowest BCUT2D eigenvalue weighted by atomic mass is 10.0. The number of halogens is 4. The summed E-state index contributed by atoms with van der Waals surface area (Å²) >= 11 is 5.68. The molecule has 0 aliphatic carbocycles. The third kappa shape index (κ3) is 2.61. The van der Waals surface area contributed by atoms with E-state index in [0.717, 1.165) is 12.1 Å². The lowest BCUT2D eigenvalue weighted by Gasteiger charge is -2.07. The van der Waals surface area contributed by atoms with Crippen LogP contribution in [0.4, 0.5) is 13.2 Å². The van der Waals surface area contributed by atoms with Crippen LogP contribution < -0.4 is 0 Å². The highest BCUT2D eigenvalue weighted by atomic mass is 35.5. The minimum absolute atomic E-state index is 0.0391. The lowest BCUT2D eigenvalue weighted by molar-refractivity contribution is 0.588. The summed E-state index contributed by atoms with van der Waals surface area (Å²) in [5, 5.41) is -0.255. The van der Waals surface area contributed by atoms with Gasteiger partial charge >= 0.3 is 0 Å². The van der Waals surface area contributed by atoms with Crippen LogP contribution >= 0.6 is 11.6 Å². The van der Waals surface area contributed by atoms with E-state index in [9.17, 15) is 13.2 Å². The molecule has 0 bridgehead atoms. The van der Waals surface area contributed by atoms with E-state index in [4.69, 9.17) is 11.6 Å². The van der Waals surface area contributed by atoms with Gasteiger partial charge in [0.25, 0.3) is 0 Å². The third-order valence-electron chi connectivity index (χ3n) is 2.41. The van der Waals surface area contributed by atoms with E-state index in [2.05, 4.69) is 0 Å². The highest BCUT2D eigenvalue weighted by molar-refractivity contribution is 6.31. The predicted molar refractivity (Wildman–Crippen MR) is 60.6 cm³/mol. The summed E-state index contributed by atoms with van der Waals surface area (Å²) in [6.07, 6.45) is 0.0557. The van der Waals surface area contributed by atoms with Crippen molar-refractivity contribution in [3.63, 3.8) is 0 Å². The van der Waals surface area contributed by atoms with Gasteiger partial charge in [-0.3, -0.25) is 0 Å². The summed E-state index contributed by atoms with van der Waals surface area (Å²) in [6, 6.07) is 7.66. The second-order valence-corrected chi connectivity index (χ2v) is 4.01. The van der Waals surface area contributed by atoms with Crippen LogP contribution in [0.25, 0.3) is 0 Å². The molecule has 0 aliphatic rings. The highest BCUT2D eigenvalue weighted by Gasteiger charge is 2.12. The van der Waals surface area contributed by atoms with Gasteiger partial charge in [-0.2, -0.15) is 0 Å². The number of hydrogen-bond donors (Lipinski definition) is 0. The van der Waals surface area contributed by atoms with E-state index in [1.807, 2.05) is 0 Å². The Hall–Kier alpha value is -1.48. The minimum atomic E-state index is -0.681. The van der Waals surface area contributed by atoms with Crippen LogP contribution in [-0.4, -0.2) is 0 Å². The van der Waals surface area contributed by atoms with Crippen LogP contribution in [-0.2, 0) is 6.42 Å². The molecule has 0 unspecified atom stereocenters. The molecule has 0 aliphatic heterocycles. The average molecular weight is 257 g/mol. The Labute approximate surface area is 102 Å². The van der Waals surface area contributed by atoms with Gasteiger partial charge in [0.1, 0.15) is 17.5 Å². The first-order valence-corrected chi connectivity index (χ1v) is 5.32.